The number of hydrogen-bond acceptors (Lipinski definition) is 3. The number of rotatable bonds is 3. The maximum atomic E-state index is 9.06. The van der Waals surface area contributed by atoms with Gasteiger partial charge in [-0.05, 0) is 35.7 Å². The Balaban J connectivity index is 0.00000162. The van der Waals surface area contributed by atoms with Crippen LogP contribution in [0, 0.1) is 0 Å². The number of anilines is 2. The Labute approximate surface area is 125 Å². The van der Waals surface area contributed by atoms with Crippen molar-refractivity contribution >= 4 is 36.2 Å². The monoisotopic (exact) mass is 300 g/mol. The lowest BCUT2D eigenvalue weighted by atomic mass is 9.96. The molecule has 5 N–H and O–H groups in total. The number of aliphatic hydroxyl groups excluding tert-OH is 1. The third kappa shape index (κ3) is 4.03. The van der Waals surface area contributed by atoms with Crippen LogP contribution in [-0.4, -0.2) is 11.7 Å². The molecule has 2 aromatic carbocycles. The molecule has 0 spiro atoms. The summed E-state index contributed by atoms with van der Waals surface area (Å²) in [6, 6.07) is 13.4. The van der Waals surface area contributed by atoms with Crippen molar-refractivity contribution in [2.24, 2.45) is 0 Å². The van der Waals surface area contributed by atoms with Gasteiger partial charge in [0.2, 0.25) is 0 Å². The third-order valence-corrected chi connectivity index (χ3v) is 2.77. The molecule has 104 valence electrons. The van der Waals surface area contributed by atoms with Crippen LogP contribution in [0.2, 0.25) is 0 Å². The van der Waals surface area contributed by atoms with Crippen molar-refractivity contribution in [3.05, 3.63) is 48.0 Å². The molecule has 0 saturated heterocycles. The molecule has 5 heteroatoms. The summed E-state index contributed by atoms with van der Waals surface area (Å²) in [4.78, 5) is 0. The van der Waals surface area contributed by atoms with Crippen LogP contribution in [0.3, 0.4) is 0 Å². The molecule has 0 amide bonds. The molecular formula is C14H18Cl2N2O. The Bertz CT molecular complexity index is 533. The number of hydrogen-bond donors (Lipinski definition) is 3. The Morgan fingerprint density at radius 2 is 1.58 bits per heavy atom. The molecule has 2 rings (SSSR count). The first-order valence-electron chi connectivity index (χ1n) is 5.56. The zero-order valence-corrected chi connectivity index (χ0v) is 12.0. The molecule has 0 bridgehead atoms. The van der Waals surface area contributed by atoms with E-state index in [-0.39, 0.29) is 31.4 Å². The smallest absolute Gasteiger partial charge is 0.0471 e. The van der Waals surface area contributed by atoms with Crippen LogP contribution in [0.1, 0.15) is 5.56 Å². The van der Waals surface area contributed by atoms with E-state index >= 15 is 0 Å². The van der Waals surface area contributed by atoms with Crippen molar-refractivity contribution in [1.82, 2.24) is 0 Å². The fourth-order valence-corrected chi connectivity index (χ4v) is 1.93. The maximum absolute atomic E-state index is 9.06. The summed E-state index contributed by atoms with van der Waals surface area (Å²) in [5, 5.41) is 9.06. The van der Waals surface area contributed by atoms with Crippen LogP contribution < -0.4 is 11.5 Å². The van der Waals surface area contributed by atoms with E-state index in [0.29, 0.717) is 17.8 Å². The molecule has 0 saturated carbocycles. The van der Waals surface area contributed by atoms with Gasteiger partial charge in [-0.1, -0.05) is 24.3 Å². The van der Waals surface area contributed by atoms with Gasteiger partial charge in [-0.15, -0.1) is 24.8 Å². The summed E-state index contributed by atoms with van der Waals surface area (Å²) in [6.45, 7) is 0.124. The second kappa shape index (κ2) is 7.89. The lowest BCUT2D eigenvalue weighted by Gasteiger charge is -2.11. The van der Waals surface area contributed by atoms with Crippen molar-refractivity contribution in [2.45, 2.75) is 6.42 Å². The highest BCUT2D eigenvalue weighted by Crippen LogP contribution is 2.30. The number of aliphatic hydroxyl groups is 1. The normalized spacial score (nSPS) is 9.32. The number of nitrogen functional groups attached to an aromatic ring is 2. The summed E-state index contributed by atoms with van der Waals surface area (Å²) >= 11 is 0. The van der Waals surface area contributed by atoms with Gasteiger partial charge in [0, 0.05) is 23.5 Å². The quantitative estimate of drug-likeness (QED) is 0.763. The molecule has 0 heterocycles. The Hall–Kier alpha value is -1.42. The molecule has 0 unspecified atom stereocenters. The van der Waals surface area contributed by atoms with E-state index in [4.69, 9.17) is 16.6 Å². The number of halogens is 2. The zero-order chi connectivity index (χ0) is 12.3. The Morgan fingerprint density at radius 1 is 0.895 bits per heavy atom. The molecule has 0 atom stereocenters. The van der Waals surface area contributed by atoms with Crippen molar-refractivity contribution in [2.75, 3.05) is 18.1 Å². The molecule has 0 aliphatic heterocycles. The van der Waals surface area contributed by atoms with E-state index in [9.17, 15) is 0 Å². The van der Waals surface area contributed by atoms with Gasteiger partial charge in [0.25, 0.3) is 0 Å². The van der Waals surface area contributed by atoms with Crippen LogP contribution >= 0.6 is 24.8 Å². The van der Waals surface area contributed by atoms with Crippen molar-refractivity contribution in [1.29, 1.82) is 0 Å². The molecule has 3 nitrogen and oxygen atoms in total. The van der Waals surface area contributed by atoms with Crippen LogP contribution in [0.15, 0.2) is 42.5 Å². The van der Waals surface area contributed by atoms with Crippen molar-refractivity contribution in [3.8, 4) is 11.1 Å². The van der Waals surface area contributed by atoms with Crippen LogP contribution in [-0.2, 0) is 6.42 Å². The van der Waals surface area contributed by atoms with Gasteiger partial charge in [0.1, 0.15) is 0 Å². The standard InChI is InChI=1S/C14H16N2O.2ClH/c15-11-5-6-14(16)13(9-11)12-4-2-1-3-10(12)7-8-17;;/h1-6,9,17H,7-8,15-16H2;2*1H. The lowest BCUT2D eigenvalue weighted by Crippen LogP contribution is -1.98. The van der Waals surface area contributed by atoms with E-state index in [1.807, 2.05) is 30.3 Å². The third-order valence-electron chi connectivity index (χ3n) is 2.77. The molecule has 0 aliphatic rings. The highest BCUT2D eigenvalue weighted by molar-refractivity contribution is 5.85. The minimum Gasteiger partial charge on any atom is -0.399 e. The van der Waals surface area contributed by atoms with E-state index in [2.05, 4.69) is 0 Å². The van der Waals surface area contributed by atoms with E-state index in [0.717, 1.165) is 16.7 Å². The largest absolute Gasteiger partial charge is 0.399 e. The number of nitrogens with two attached hydrogens (primary N) is 2. The van der Waals surface area contributed by atoms with E-state index in [1.165, 1.54) is 0 Å². The minimum absolute atomic E-state index is 0. The first kappa shape index (κ1) is 17.6. The van der Waals surface area contributed by atoms with Gasteiger partial charge in [0.15, 0.2) is 0 Å². The second-order valence-corrected chi connectivity index (χ2v) is 3.98. The molecule has 0 aliphatic carbocycles. The topological polar surface area (TPSA) is 72.3 Å². The summed E-state index contributed by atoms with van der Waals surface area (Å²) in [7, 11) is 0. The molecule has 0 aromatic heterocycles. The SMILES string of the molecule is Cl.Cl.Nc1ccc(N)c(-c2ccccc2CCO)c1. The van der Waals surface area contributed by atoms with Crippen LogP contribution in [0.4, 0.5) is 11.4 Å². The second-order valence-electron chi connectivity index (χ2n) is 3.98. The first-order valence-corrected chi connectivity index (χ1v) is 5.56. The molecule has 0 radical (unpaired) electrons. The highest BCUT2D eigenvalue weighted by atomic mass is 35.5. The molecular weight excluding hydrogens is 283 g/mol. The summed E-state index contributed by atoms with van der Waals surface area (Å²) < 4.78 is 0. The predicted molar refractivity (Wildman–Crippen MR) is 86.0 cm³/mol. The van der Waals surface area contributed by atoms with Crippen molar-refractivity contribution in [3.63, 3.8) is 0 Å². The zero-order valence-electron chi connectivity index (χ0n) is 10.4. The molecule has 19 heavy (non-hydrogen) atoms. The Morgan fingerprint density at radius 3 is 2.26 bits per heavy atom. The van der Waals surface area contributed by atoms with Gasteiger partial charge >= 0.3 is 0 Å². The van der Waals surface area contributed by atoms with Gasteiger partial charge < -0.3 is 16.6 Å². The van der Waals surface area contributed by atoms with Gasteiger partial charge in [0.05, 0.1) is 0 Å². The summed E-state index contributed by atoms with van der Waals surface area (Å²) in [5.41, 5.74) is 16.2. The number of benzene rings is 2. The molecule has 0 fully saturated rings. The van der Waals surface area contributed by atoms with E-state index in [1.54, 1.807) is 12.1 Å². The van der Waals surface area contributed by atoms with Crippen LogP contribution in [0.25, 0.3) is 11.1 Å². The Kier molecular flexibility index (Phi) is 7.30. The highest BCUT2D eigenvalue weighted by Gasteiger charge is 2.07. The average Bonchev–Trinajstić information content (AvgIpc) is 2.34. The predicted octanol–water partition coefficient (Wildman–Crippen LogP) is 2.90. The van der Waals surface area contributed by atoms with Gasteiger partial charge in [-0.3, -0.25) is 0 Å². The molecule has 2 aromatic rings. The minimum atomic E-state index is 0. The fraction of sp³-hybridized carbons (Fsp3) is 0.143. The van der Waals surface area contributed by atoms with Crippen molar-refractivity contribution < 1.29 is 5.11 Å². The van der Waals surface area contributed by atoms with Gasteiger partial charge in [-0.2, -0.15) is 0 Å². The maximum Gasteiger partial charge on any atom is 0.0471 e. The van der Waals surface area contributed by atoms with Crippen LogP contribution in [0.5, 0.6) is 0 Å². The lowest BCUT2D eigenvalue weighted by molar-refractivity contribution is 0.300. The van der Waals surface area contributed by atoms with E-state index < -0.39 is 0 Å². The average molecular weight is 301 g/mol. The summed E-state index contributed by atoms with van der Waals surface area (Å²) in [6.07, 6.45) is 0.615. The van der Waals surface area contributed by atoms with Gasteiger partial charge in [-0.25, -0.2) is 0 Å². The first-order chi connectivity index (χ1) is 8.22. The summed E-state index contributed by atoms with van der Waals surface area (Å²) in [5.74, 6) is 0. The fourth-order valence-electron chi connectivity index (χ4n) is 1.93.